The molecule has 0 radical (unpaired) electrons. The summed E-state index contributed by atoms with van der Waals surface area (Å²) in [5.74, 6) is 0.391. The lowest BCUT2D eigenvalue weighted by molar-refractivity contribution is 0.161. The molecule has 164 valence electrons. The third kappa shape index (κ3) is 5.10. The maximum atomic E-state index is 12.2. The van der Waals surface area contributed by atoms with Crippen molar-refractivity contribution in [2.24, 2.45) is 0 Å². The monoisotopic (exact) mass is 428 g/mol. The molecule has 2 aromatic carbocycles. The summed E-state index contributed by atoms with van der Waals surface area (Å²) in [6.45, 7) is 23.8. The van der Waals surface area contributed by atoms with Crippen LogP contribution in [0.5, 0.6) is 0 Å². The molecule has 32 heavy (non-hydrogen) atoms. The van der Waals surface area contributed by atoms with Gasteiger partial charge in [-0.1, -0.05) is 31.2 Å². The number of amides is 1. The molecule has 0 saturated carbocycles. The van der Waals surface area contributed by atoms with Crippen molar-refractivity contribution in [1.82, 2.24) is 0 Å². The van der Waals surface area contributed by atoms with E-state index in [1.807, 2.05) is 37.3 Å². The summed E-state index contributed by atoms with van der Waals surface area (Å²) in [7, 11) is 0. The zero-order chi connectivity index (χ0) is 23.3. The summed E-state index contributed by atoms with van der Waals surface area (Å²) in [5, 5.41) is 2.74. The number of ether oxygens (including phenoxy) is 1. The minimum Gasteiger partial charge on any atom is -0.447 e. The molecule has 0 bridgehead atoms. The van der Waals surface area contributed by atoms with Crippen LogP contribution in [0.25, 0.3) is 15.8 Å². The van der Waals surface area contributed by atoms with Gasteiger partial charge in [-0.3, -0.25) is 5.32 Å². The first-order chi connectivity index (χ1) is 15.2. The Bertz CT molecular complexity index is 1090. The molecule has 1 amide bonds. The van der Waals surface area contributed by atoms with E-state index < -0.39 is 6.09 Å². The number of aryl methyl sites for hydroxylation is 1. The van der Waals surface area contributed by atoms with Crippen LogP contribution in [0.3, 0.4) is 0 Å². The number of para-hydroxylation sites is 1. The first-order valence-electron chi connectivity index (χ1n) is 10.6. The van der Waals surface area contributed by atoms with Gasteiger partial charge in [-0.25, -0.2) is 4.79 Å². The highest BCUT2D eigenvalue weighted by atomic mass is 16.5. The highest BCUT2D eigenvalue weighted by molar-refractivity contribution is 5.84. The Balaban J connectivity index is 1.79. The zero-order valence-electron chi connectivity index (χ0n) is 19.0. The molecule has 6 nitrogen and oxygen atoms in total. The van der Waals surface area contributed by atoms with Crippen LogP contribution in [0.15, 0.2) is 48.3 Å². The molecule has 0 spiro atoms. The number of carbonyl (C=O) groups is 1. The van der Waals surface area contributed by atoms with Gasteiger partial charge in [0.05, 0.1) is 6.54 Å². The maximum Gasteiger partial charge on any atom is 0.519 e. The Morgan fingerprint density at radius 1 is 1.25 bits per heavy atom. The van der Waals surface area contributed by atoms with Crippen molar-refractivity contribution in [3.63, 3.8) is 0 Å². The van der Waals surface area contributed by atoms with Gasteiger partial charge in [0.2, 0.25) is 0 Å². The molecule has 1 N–H and O–H groups in total. The van der Waals surface area contributed by atoms with Gasteiger partial charge >= 0.3 is 11.9 Å². The average molecular weight is 429 g/mol. The van der Waals surface area contributed by atoms with E-state index in [4.69, 9.17) is 17.9 Å². The molecule has 0 saturated heterocycles. The van der Waals surface area contributed by atoms with Crippen LogP contribution < -0.4 is 10.2 Å². The highest BCUT2D eigenvalue weighted by Crippen LogP contribution is 2.44. The molecule has 1 aliphatic heterocycles. The van der Waals surface area contributed by atoms with Gasteiger partial charge in [0.25, 0.3) is 0 Å². The number of rotatable bonds is 5. The summed E-state index contributed by atoms with van der Waals surface area (Å²) in [5.41, 5.74) is 4.80. The molecule has 0 aromatic heterocycles. The number of hydrogen-bond donors (Lipinski definition) is 1. The standard InChI is InChI=1S/C26H28N4O2/c1-18-14-23-22(15-20(18)16-24(27-5)28-6)19(2)17-26(3,4)30(23)12-13-32-25(31)29-21-10-8-7-9-11-21/h7-11,14-16,19H,12-13,17H2,1-4H3,(H,29,31). The third-order valence-electron chi connectivity index (χ3n) is 5.86. The fraction of sp³-hybridized carbons (Fsp3) is 0.346. The van der Waals surface area contributed by atoms with Gasteiger partial charge in [-0.2, -0.15) is 9.69 Å². The first-order valence-corrected chi connectivity index (χ1v) is 10.6. The number of carbonyl (C=O) groups excluding carboxylic acids is 1. The van der Waals surface area contributed by atoms with Crippen molar-refractivity contribution < 1.29 is 9.53 Å². The lowest BCUT2D eigenvalue weighted by atomic mass is 9.79. The van der Waals surface area contributed by atoms with E-state index in [0.29, 0.717) is 18.2 Å². The molecule has 1 atom stereocenters. The van der Waals surface area contributed by atoms with Crippen LogP contribution in [0.4, 0.5) is 16.2 Å². The topological polar surface area (TPSA) is 50.3 Å². The van der Waals surface area contributed by atoms with Crippen molar-refractivity contribution in [1.29, 1.82) is 0 Å². The molecule has 1 heterocycles. The smallest absolute Gasteiger partial charge is 0.447 e. The van der Waals surface area contributed by atoms with E-state index in [2.05, 4.69) is 52.8 Å². The normalized spacial score (nSPS) is 16.2. The SMILES string of the molecule is [C-]#[N+]C(=Cc1cc2c(cc1C)N(CCOC(=O)Nc1ccccc1)C(C)(C)CC2C)[N+]#[C-]. The Kier molecular flexibility index (Phi) is 6.85. The van der Waals surface area contributed by atoms with Crippen molar-refractivity contribution in [2.45, 2.75) is 45.6 Å². The average Bonchev–Trinajstić information content (AvgIpc) is 2.75. The summed E-state index contributed by atoms with van der Waals surface area (Å²) in [6.07, 6.45) is 2.13. The van der Waals surface area contributed by atoms with Crippen molar-refractivity contribution >= 4 is 23.5 Å². The van der Waals surface area contributed by atoms with Gasteiger partial charge in [0.1, 0.15) is 19.8 Å². The Labute approximate surface area is 190 Å². The van der Waals surface area contributed by atoms with Crippen molar-refractivity contribution in [2.75, 3.05) is 23.4 Å². The van der Waals surface area contributed by atoms with E-state index >= 15 is 0 Å². The molecular formula is C26H28N4O2. The minimum absolute atomic E-state index is 0.0616. The van der Waals surface area contributed by atoms with Crippen LogP contribution >= 0.6 is 0 Å². The zero-order valence-corrected chi connectivity index (χ0v) is 19.0. The van der Waals surface area contributed by atoms with E-state index in [1.54, 1.807) is 6.08 Å². The fourth-order valence-electron chi connectivity index (χ4n) is 4.36. The summed E-state index contributed by atoms with van der Waals surface area (Å²) in [6, 6.07) is 13.4. The number of benzene rings is 2. The third-order valence-corrected chi connectivity index (χ3v) is 5.86. The number of fused-ring (bicyclic) bond motifs is 1. The first kappa shape index (κ1) is 22.9. The van der Waals surface area contributed by atoms with Gasteiger partial charge in [-0.05, 0) is 68.0 Å². The number of nitrogens with zero attached hydrogens (tertiary/aromatic N) is 3. The van der Waals surface area contributed by atoms with Gasteiger partial charge in [0.15, 0.2) is 0 Å². The van der Waals surface area contributed by atoms with E-state index in [9.17, 15) is 4.79 Å². The van der Waals surface area contributed by atoms with Crippen LogP contribution in [-0.4, -0.2) is 24.8 Å². The van der Waals surface area contributed by atoms with Gasteiger partial charge in [-0.15, -0.1) is 0 Å². The van der Waals surface area contributed by atoms with Gasteiger partial charge < -0.3 is 9.64 Å². The molecule has 2 aromatic rings. The van der Waals surface area contributed by atoms with Crippen LogP contribution in [0.2, 0.25) is 0 Å². The molecular weight excluding hydrogens is 400 g/mol. The summed E-state index contributed by atoms with van der Waals surface area (Å²) in [4.78, 5) is 21.0. The quantitative estimate of drug-likeness (QED) is 0.555. The van der Waals surface area contributed by atoms with Crippen LogP contribution in [0.1, 0.15) is 49.8 Å². The predicted octanol–water partition coefficient (Wildman–Crippen LogP) is 6.47. The van der Waals surface area contributed by atoms with Crippen molar-refractivity contribution in [3.8, 4) is 0 Å². The molecule has 3 rings (SSSR count). The Morgan fingerprint density at radius 3 is 2.59 bits per heavy atom. The molecule has 1 unspecified atom stereocenters. The number of nitrogens with one attached hydrogen (secondary N) is 1. The summed E-state index contributed by atoms with van der Waals surface area (Å²) < 4.78 is 5.45. The molecule has 0 fully saturated rings. The predicted molar refractivity (Wildman–Crippen MR) is 128 cm³/mol. The lowest BCUT2D eigenvalue weighted by Gasteiger charge is -2.47. The van der Waals surface area contributed by atoms with E-state index in [0.717, 1.165) is 23.2 Å². The van der Waals surface area contributed by atoms with Crippen LogP contribution in [-0.2, 0) is 4.74 Å². The summed E-state index contributed by atoms with van der Waals surface area (Å²) >= 11 is 0. The second-order valence-corrected chi connectivity index (χ2v) is 8.69. The lowest BCUT2D eigenvalue weighted by Crippen LogP contribution is -2.50. The van der Waals surface area contributed by atoms with E-state index in [1.165, 1.54) is 5.56 Å². The largest absolute Gasteiger partial charge is 0.519 e. The minimum atomic E-state index is -0.470. The second-order valence-electron chi connectivity index (χ2n) is 8.69. The van der Waals surface area contributed by atoms with Crippen molar-refractivity contribution in [3.05, 3.63) is 87.8 Å². The Hall–Kier alpha value is -3.77. The Morgan fingerprint density at radius 2 is 1.94 bits per heavy atom. The maximum absolute atomic E-state index is 12.2. The molecule has 0 aliphatic carbocycles. The number of anilines is 2. The van der Waals surface area contributed by atoms with Gasteiger partial charge in [0, 0.05) is 23.0 Å². The molecule has 1 aliphatic rings. The number of hydrogen-bond acceptors (Lipinski definition) is 3. The highest BCUT2D eigenvalue weighted by Gasteiger charge is 2.36. The second kappa shape index (κ2) is 9.58. The van der Waals surface area contributed by atoms with E-state index in [-0.39, 0.29) is 18.0 Å². The fourth-order valence-corrected chi connectivity index (χ4v) is 4.36. The van der Waals surface area contributed by atoms with Crippen LogP contribution in [0, 0.1) is 20.1 Å². The molecule has 6 heteroatoms.